The van der Waals surface area contributed by atoms with E-state index in [0.29, 0.717) is 5.56 Å². The van der Waals surface area contributed by atoms with Gasteiger partial charge in [-0.15, -0.1) is 0 Å². The summed E-state index contributed by atoms with van der Waals surface area (Å²) in [5, 5.41) is 0. The van der Waals surface area contributed by atoms with Crippen molar-refractivity contribution >= 4 is 22.2 Å². The van der Waals surface area contributed by atoms with Crippen LogP contribution in [0.4, 0.5) is 4.39 Å². The maximum atomic E-state index is 12.8. The highest BCUT2D eigenvalue weighted by Crippen LogP contribution is 2.28. The standard InChI is InChI=1S/C13H8BrFO/c14-13-6-1-9(8-16)7-12(13)10-2-4-11(15)5-3-10/h1-8H. The molecule has 0 aliphatic rings. The Bertz CT molecular complexity index is 520. The van der Waals surface area contributed by atoms with Crippen LogP contribution in [0.15, 0.2) is 46.9 Å². The van der Waals surface area contributed by atoms with Crippen molar-refractivity contribution in [2.75, 3.05) is 0 Å². The molecule has 0 atom stereocenters. The Morgan fingerprint density at radius 3 is 2.38 bits per heavy atom. The van der Waals surface area contributed by atoms with Gasteiger partial charge >= 0.3 is 0 Å². The van der Waals surface area contributed by atoms with Crippen molar-refractivity contribution in [2.45, 2.75) is 0 Å². The third kappa shape index (κ3) is 2.19. The first-order valence-electron chi connectivity index (χ1n) is 4.71. The van der Waals surface area contributed by atoms with E-state index in [2.05, 4.69) is 15.9 Å². The SMILES string of the molecule is O=Cc1ccc(Br)c(-c2ccc(F)cc2)c1. The number of hydrogen-bond acceptors (Lipinski definition) is 1. The van der Waals surface area contributed by atoms with Gasteiger partial charge in [0.05, 0.1) is 0 Å². The molecule has 16 heavy (non-hydrogen) atoms. The van der Waals surface area contributed by atoms with Crippen LogP contribution in [-0.2, 0) is 0 Å². The van der Waals surface area contributed by atoms with Gasteiger partial charge in [0.25, 0.3) is 0 Å². The summed E-state index contributed by atoms with van der Waals surface area (Å²) in [6.07, 6.45) is 0.791. The van der Waals surface area contributed by atoms with E-state index >= 15 is 0 Å². The lowest BCUT2D eigenvalue weighted by Crippen LogP contribution is -1.85. The van der Waals surface area contributed by atoms with Crippen LogP contribution in [0.3, 0.4) is 0 Å². The van der Waals surface area contributed by atoms with Crippen LogP contribution in [0.2, 0.25) is 0 Å². The van der Waals surface area contributed by atoms with Crippen molar-refractivity contribution in [1.82, 2.24) is 0 Å². The van der Waals surface area contributed by atoms with Crippen LogP contribution < -0.4 is 0 Å². The van der Waals surface area contributed by atoms with E-state index in [1.807, 2.05) is 6.07 Å². The maximum absolute atomic E-state index is 12.8. The summed E-state index contributed by atoms with van der Waals surface area (Å²) >= 11 is 3.41. The fraction of sp³-hybridized carbons (Fsp3) is 0. The van der Waals surface area contributed by atoms with Gasteiger partial charge < -0.3 is 0 Å². The van der Waals surface area contributed by atoms with E-state index in [9.17, 15) is 9.18 Å². The average molecular weight is 279 g/mol. The zero-order valence-electron chi connectivity index (χ0n) is 8.28. The third-order valence-corrected chi connectivity index (χ3v) is 2.97. The molecule has 0 saturated carbocycles. The van der Waals surface area contributed by atoms with Gasteiger partial charge in [0.15, 0.2) is 0 Å². The second kappa shape index (κ2) is 4.58. The fourth-order valence-corrected chi connectivity index (χ4v) is 1.94. The van der Waals surface area contributed by atoms with E-state index in [1.54, 1.807) is 24.3 Å². The fourth-order valence-electron chi connectivity index (χ4n) is 1.47. The number of carbonyl (C=O) groups excluding carboxylic acids is 1. The van der Waals surface area contributed by atoms with Gasteiger partial charge in [-0.2, -0.15) is 0 Å². The molecule has 0 spiro atoms. The van der Waals surface area contributed by atoms with Crippen LogP contribution in [0.5, 0.6) is 0 Å². The topological polar surface area (TPSA) is 17.1 Å². The Hall–Kier alpha value is -1.48. The predicted octanol–water partition coefficient (Wildman–Crippen LogP) is 4.07. The molecule has 0 aromatic heterocycles. The largest absolute Gasteiger partial charge is 0.298 e. The summed E-state index contributed by atoms with van der Waals surface area (Å²) in [6, 6.07) is 11.5. The van der Waals surface area contributed by atoms with Crippen molar-refractivity contribution in [3.8, 4) is 11.1 Å². The second-order valence-corrected chi connectivity index (χ2v) is 4.22. The smallest absolute Gasteiger partial charge is 0.150 e. The highest BCUT2D eigenvalue weighted by atomic mass is 79.9. The minimum Gasteiger partial charge on any atom is -0.298 e. The molecule has 0 bridgehead atoms. The number of halogens is 2. The predicted molar refractivity (Wildman–Crippen MR) is 64.9 cm³/mol. The molecule has 0 saturated heterocycles. The minimum atomic E-state index is -0.272. The number of rotatable bonds is 2. The van der Waals surface area contributed by atoms with Gasteiger partial charge in [0.2, 0.25) is 0 Å². The van der Waals surface area contributed by atoms with Crippen LogP contribution >= 0.6 is 15.9 Å². The number of aldehydes is 1. The molecule has 3 heteroatoms. The highest BCUT2D eigenvalue weighted by Gasteiger charge is 2.04. The lowest BCUT2D eigenvalue weighted by atomic mass is 10.0. The van der Waals surface area contributed by atoms with E-state index in [0.717, 1.165) is 21.9 Å². The van der Waals surface area contributed by atoms with Gasteiger partial charge in [-0.1, -0.05) is 34.1 Å². The van der Waals surface area contributed by atoms with Crippen molar-refractivity contribution in [3.63, 3.8) is 0 Å². The normalized spacial score (nSPS) is 10.1. The summed E-state index contributed by atoms with van der Waals surface area (Å²) in [5.41, 5.74) is 2.35. The highest BCUT2D eigenvalue weighted by molar-refractivity contribution is 9.10. The Labute approximate surface area is 101 Å². The summed E-state index contributed by atoms with van der Waals surface area (Å²) < 4.78 is 13.7. The summed E-state index contributed by atoms with van der Waals surface area (Å²) in [7, 11) is 0. The Morgan fingerprint density at radius 2 is 1.75 bits per heavy atom. The third-order valence-electron chi connectivity index (χ3n) is 2.28. The van der Waals surface area contributed by atoms with Crippen LogP contribution in [0.25, 0.3) is 11.1 Å². The lowest BCUT2D eigenvalue weighted by molar-refractivity contribution is 0.112. The first kappa shape index (κ1) is 11.0. The van der Waals surface area contributed by atoms with Crippen LogP contribution in [0.1, 0.15) is 10.4 Å². The Morgan fingerprint density at radius 1 is 1.06 bits per heavy atom. The van der Waals surface area contributed by atoms with Crippen LogP contribution in [-0.4, -0.2) is 6.29 Å². The van der Waals surface area contributed by atoms with E-state index in [-0.39, 0.29) is 5.82 Å². The monoisotopic (exact) mass is 278 g/mol. The van der Waals surface area contributed by atoms with Crippen molar-refractivity contribution in [2.24, 2.45) is 0 Å². The lowest BCUT2D eigenvalue weighted by Gasteiger charge is -2.05. The van der Waals surface area contributed by atoms with Gasteiger partial charge in [0, 0.05) is 10.0 Å². The van der Waals surface area contributed by atoms with E-state index in [4.69, 9.17) is 0 Å². The quantitative estimate of drug-likeness (QED) is 0.757. The molecule has 0 aliphatic carbocycles. The summed E-state index contributed by atoms with van der Waals surface area (Å²) in [4.78, 5) is 10.7. The number of benzene rings is 2. The summed E-state index contributed by atoms with van der Waals surface area (Å²) in [6.45, 7) is 0. The molecular weight excluding hydrogens is 271 g/mol. The molecule has 2 rings (SSSR count). The van der Waals surface area contributed by atoms with Crippen molar-refractivity contribution in [3.05, 3.63) is 58.3 Å². The van der Waals surface area contributed by atoms with Crippen molar-refractivity contribution in [1.29, 1.82) is 0 Å². The van der Waals surface area contributed by atoms with Gasteiger partial charge in [0.1, 0.15) is 12.1 Å². The van der Waals surface area contributed by atoms with Crippen LogP contribution in [0, 0.1) is 5.82 Å². The molecule has 0 aliphatic heterocycles. The molecule has 0 amide bonds. The average Bonchev–Trinajstić information content (AvgIpc) is 2.31. The maximum Gasteiger partial charge on any atom is 0.150 e. The first-order valence-corrected chi connectivity index (χ1v) is 5.50. The van der Waals surface area contributed by atoms with Gasteiger partial charge in [-0.3, -0.25) is 4.79 Å². The minimum absolute atomic E-state index is 0.272. The molecule has 80 valence electrons. The molecular formula is C13H8BrFO. The molecule has 0 radical (unpaired) electrons. The second-order valence-electron chi connectivity index (χ2n) is 3.36. The molecule has 1 nitrogen and oxygen atoms in total. The summed E-state index contributed by atoms with van der Waals surface area (Å²) in [5.74, 6) is -0.272. The van der Waals surface area contributed by atoms with Gasteiger partial charge in [-0.05, 0) is 35.4 Å². The molecule has 0 N–H and O–H groups in total. The molecule has 2 aromatic rings. The zero-order chi connectivity index (χ0) is 11.5. The molecule has 2 aromatic carbocycles. The first-order chi connectivity index (χ1) is 7.70. The Kier molecular flexibility index (Phi) is 3.15. The van der Waals surface area contributed by atoms with Gasteiger partial charge in [-0.25, -0.2) is 4.39 Å². The van der Waals surface area contributed by atoms with Crippen molar-refractivity contribution < 1.29 is 9.18 Å². The van der Waals surface area contributed by atoms with E-state index < -0.39 is 0 Å². The zero-order valence-corrected chi connectivity index (χ0v) is 9.87. The molecule has 0 heterocycles. The number of carbonyl (C=O) groups is 1. The number of hydrogen-bond donors (Lipinski definition) is 0. The Balaban J connectivity index is 2.54. The van der Waals surface area contributed by atoms with E-state index in [1.165, 1.54) is 12.1 Å². The molecule has 0 fully saturated rings. The molecule has 0 unspecified atom stereocenters.